The predicted octanol–water partition coefficient (Wildman–Crippen LogP) is -1.20. The molecule has 0 bridgehead atoms. The van der Waals surface area contributed by atoms with Crippen LogP contribution in [0.3, 0.4) is 0 Å². The molecule has 3 amide bonds. The van der Waals surface area contributed by atoms with Crippen molar-refractivity contribution in [2.24, 2.45) is 15.0 Å². The number of aliphatic imine (C=N–C) groups is 3. The lowest BCUT2D eigenvalue weighted by Crippen LogP contribution is -2.41. The van der Waals surface area contributed by atoms with Crippen molar-refractivity contribution in [2.45, 2.75) is 0 Å². The molecule has 2 aliphatic rings. The SMILES string of the molecule is C[N+](C)(C)CCO.O=C1N=C2N=CN=C2C(=O)N1. The molecule has 0 aliphatic carbocycles. The monoisotopic (exact) mass is 254 g/mol. The van der Waals surface area contributed by atoms with Crippen molar-refractivity contribution in [1.29, 1.82) is 0 Å². The highest BCUT2D eigenvalue weighted by molar-refractivity contribution is 6.71. The molecule has 18 heavy (non-hydrogen) atoms. The second-order valence-corrected chi connectivity index (χ2v) is 4.65. The van der Waals surface area contributed by atoms with Crippen LogP contribution in [-0.2, 0) is 4.79 Å². The summed E-state index contributed by atoms with van der Waals surface area (Å²) in [7, 11) is 6.16. The van der Waals surface area contributed by atoms with Gasteiger partial charge in [-0.1, -0.05) is 0 Å². The average Bonchev–Trinajstić information content (AvgIpc) is 2.64. The van der Waals surface area contributed by atoms with Crippen LogP contribution >= 0.6 is 0 Å². The van der Waals surface area contributed by atoms with Gasteiger partial charge in [-0.15, -0.1) is 0 Å². The summed E-state index contributed by atoms with van der Waals surface area (Å²) in [6.07, 6.45) is 1.19. The van der Waals surface area contributed by atoms with Gasteiger partial charge in [-0.3, -0.25) is 10.1 Å². The summed E-state index contributed by atoms with van der Waals surface area (Å²) in [4.78, 5) is 32.0. The Bertz CT molecular complexity index is 445. The van der Waals surface area contributed by atoms with Crippen molar-refractivity contribution in [3.63, 3.8) is 0 Å². The van der Waals surface area contributed by atoms with E-state index in [-0.39, 0.29) is 18.2 Å². The Morgan fingerprint density at radius 1 is 1.33 bits per heavy atom. The molecule has 0 saturated carbocycles. The molecule has 0 fully saturated rings. The van der Waals surface area contributed by atoms with Crippen LogP contribution in [0, 0.1) is 0 Å². The largest absolute Gasteiger partial charge is 0.391 e. The number of quaternary nitrogens is 1. The molecule has 0 radical (unpaired) electrons. The smallest absolute Gasteiger partial charge is 0.350 e. The number of imide groups is 1. The van der Waals surface area contributed by atoms with E-state index in [0.717, 1.165) is 11.0 Å². The lowest BCUT2D eigenvalue weighted by molar-refractivity contribution is -0.870. The van der Waals surface area contributed by atoms with E-state index in [1.54, 1.807) is 0 Å². The minimum atomic E-state index is -0.692. The number of amidine groups is 1. The number of carbonyl (C=O) groups is 2. The molecule has 98 valence electrons. The van der Waals surface area contributed by atoms with Gasteiger partial charge in [0, 0.05) is 0 Å². The number of aliphatic hydroxyl groups is 1. The summed E-state index contributed by atoms with van der Waals surface area (Å²) in [6.45, 7) is 1.11. The first-order chi connectivity index (χ1) is 8.33. The third kappa shape index (κ3) is 4.15. The first-order valence-electron chi connectivity index (χ1n) is 5.29. The lowest BCUT2D eigenvalue weighted by atomic mass is 10.3. The highest BCUT2D eigenvalue weighted by atomic mass is 16.3. The van der Waals surface area contributed by atoms with Crippen molar-refractivity contribution in [2.75, 3.05) is 34.3 Å². The maximum Gasteiger partial charge on any atom is 0.350 e. The van der Waals surface area contributed by atoms with E-state index in [9.17, 15) is 9.59 Å². The molecule has 0 unspecified atom stereocenters. The Labute approximate surface area is 104 Å². The number of nitrogens with one attached hydrogen (secondary N) is 1. The molecule has 2 rings (SSSR count). The van der Waals surface area contributed by atoms with Crippen LogP contribution in [-0.4, -0.2) is 73.7 Å². The van der Waals surface area contributed by atoms with Crippen LogP contribution in [0.4, 0.5) is 4.79 Å². The first-order valence-corrected chi connectivity index (χ1v) is 5.29. The molecule has 2 aliphatic heterocycles. The summed E-state index contributed by atoms with van der Waals surface area (Å²) in [5, 5.41) is 10.4. The predicted molar refractivity (Wildman–Crippen MR) is 66.9 cm³/mol. The Morgan fingerprint density at radius 3 is 2.50 bits per heavy atom. The summed E-state index contributed by atoms with van der Waals surface area (Å²) < 4.78 is 0.844. The average molecular weight is 254 g/mol. The van der Waals surface area contributed by atoms with Crippen LogP contribution < -0.4 is 5.32 Å². The molecule has 2 N–H and O–H groups in total. The van der Waals surface area contributed by atoms with Gasteiger partial charge in [-0.05, 0) is 0 Å². The fourth-order valence-corrected chi connectivity index (χ4v) is 1.08. The van der Waals surface area contributed by atoms with Gasteiger partial charge >= 0.3 is 6.03 Å². The van der Waals surface area contributed by atoms with Crippen molar-refractivity contribution in [3.8, 4) is 0 Å². The number of amides is 3. The van der Waals surface area contributed by atoms with Gasteiger partial charge in [0.05, 0.1) is 27.7 Å². The number of fused-ring (bicyclic) bond motifs is 1. The standard InChI is InChI=1S/C5H2N4O2.C5H14NO/c10-4-2-3(7-1-6-2)8-5(11)9-4;1-6(2,3)4-5-7/h1H,(H,9,10,11);7H,4-5H2,1-3H3/q;+1. The van der Waals surface area contributed by atoms with Crippen molar-refractivity contribution in [3.05, 3.63) is 0 Å². The van der Waals surface area contributed by atoms with E-state index in [1.807, 2.05) is 5.32 Å². The number of likely N-dealkylation sites (N-methyl/N-ethyl adjacent to an activating group) is 1. The summed E-state index contributed by atoms with van der Waals surface area (Å²) in [5.74, 6) is -0.448. The van der Waals surface area contributed by atoms with Crippen molar-refractivity contribution >= 4 is 29.8 Å². The Kier molecular flexibility index (Phi) is 4.40. The van der Waals surface area contributed by atoms with Crippen LogP contribution in [0.1, 0.15) is 0 Å². The van der Waals surface area contributed by atoms with Crippen LogP contribution in [0.25, 0.3) is 0 Å². The number of urea groups is 1. The molecule has 0 aromatic heterocycles. The maximum atomic E-state index is 10.9. The number of rotatable bonds is 2. The Hall–Kier alpha value is -1.93. The Balaban J connectivity index is 0.000000203. The number of hydrogen-bond acceptors (Lipinski definition) is 5. The molecule has 0 aromatic carbocycles. The summed E-state index contributed by atoms with van der Waals surface area (Å²) >= 11 is 0. The van der Waals surface area contributed by atoms with E-state index < -0.39 is 11.9 Å². The van der Waals surface area contributed by atoms with Gasteiger partial charge < -0.3 is 9.59 Å². The third-order valence-electron chi connectivity index (χ3n) is 1.99. The van der Waals surface area contributed by atoms with E-state index in [4.69, 9.17) is 5.11 Å². The molecule has 8 nitrogen and oxygen atoms in total. The van der Waals surface area contributed by atoms with Gasteiger partial charge in [0.15, 0.2) is 11.5 Å². The second-order valence-electron chi connectivity index (χ2n) is 4.65. The molecule has 0 saturated heterocycles. The molecule has 8 heteroatoms. The zero-order valence-corrected chi connectivity index (χ0v) is 10.5. The quantitative estimate of drug-likeness (QED) is 0.605. The Morgan fingerprint density at radius 2 is 2.00 bits per heavy atom. The molecule has 0 spiro atoms. The van der Waals surface area contributed by atoms with Crippen LogP contribution in [0.5, 0.6) is 0 Å². The van der Waals surface area contributed by atoms with E-state index >= 15 is 0 Å². The normalized spacial score (nSPS) is 17.3. The van der Waals surface area contributed by atoms with Crippen LogP contribution in [0.15, 0.2) is 15.0 Å². The number of hydrogen-bond donors (Lipinski definition) is 2. The lowest BCUT2D eigenvalue weighted by Gasteiger charge is -2.21. The number of nitrogens with zero attached hydrogens (tertiary/aromatic N) is 4. The van der Waals surface area contributed by atoms with Crippen molar-refractivity contribution in [1.82, 2.24) is 5.32 Å². The van der Waals surface area contributed by atoms with E-state index in [0.29, 0.717) is 0 Å². The maximum absolute atomic E-state index is 10.9. The zero-order valence-electron chi connectivity index (χ0n) is 10.5. The molecular weight excluding hydrogens is 238 g/mol. The van der Waals surface area contributed by atoms with Gasteiger partial charge in [0.25, 0.3) is 5.91 Å². The summed E-state index contributed by atoms with van der Waals surface area (Å²) in [6, 6.07) is -0.692. The van der Waals surface area contributed by atoms with Gasteiger partial charge in [-0.25, -0.2) is 14.8 Å². The topological polar surface area (TPSA) is 103 Å². The van der Waals surface area contributed by atoms with Crippen molar-refractivity contribution < 1.29 is 19.2 Å². The summed E-state index contributed by atoms with van der Waals surface area (Å²) in [5.41, 5.74) is 0.101. The highest BCUT2D eigenvalue weighted by Crippen LogP contribution is 2.00. The minimum absolute atomic E-state index is 0.0961. The molecular formula is C10H16N5O3+. The number of carbonyl (C=O) groups excluding carboxylic acids is 2. The fraction of sp³-hybridized carbons (Fsp3) is 0.500. The second kappa shape index (κ2) is 5.61. The van der Waals surface area contributed by atoms with Gasteiger partial charge in [-0.2, -0.15) is 4.99 Å². The van der Waals surface area contributed by atoms with E-state index in [1.165, 1.54) is 6.34 Å². The van der Waals surface area contributed by atoms with E-state index in [2.05, 4.69) is 36.1 Å². The highest BCUT2D eigenvalue weighted by Gasteiger charge is 2.27. The molecule has 0 atom stereocenters. The first kappa shape index (κ1) is 14.1. The number of aliphatic hydroxyl groups excluding tert-OH is 1. The zero-order chi connectivity index (χ0) is 13.8. The molecule has 0 aromatic rings. The molecule has 2 heterocycles. The minimum Gasteiger partial charge on any atom is -0.391 e. The van der Waals surface area contributed by atoms with Gasteiger partial charge in [0.2, 0.25) is 0 Å². The fourth-order valence-electron chi connectivity index (χ4n) is 1.08. The third-order valence-corrected chi connectivity index (χ3v) is 1.99. The van der Waals surface area contributed by atoms with Crippen LogP contribution in [0.2, 0.25) is 0 Å². The van der Waals surface area contributed by atoms with Gasteiger partial charge in [0.1, 0.15) is 12.9 Å².